The van der Waals surface area contributed by atoms with E-state index >= 15 is 0 Å². The fourth-order valence-corrected chi connectivity index (χ4v) is 4.91. The Bertz CT molecular complexity index is 343. The summed E-state index contributed by atoms with van der Waals surface area (Å²) < 4.78 is 30.1. The third-order valence-corrected chi connectivity index (χ3v) is 6.84. The highest BCUT2D eigenvalue weighted by Crippen LogP contribution is 2.27. The molecule has 1 saturated carbocycles. The van der Waals surface area contributed by atoms with Gasteiger partial charge in [0.2, 0.25) is 0 Å². The molecule has 1 N–H and O–H groups in total. The lowest BCUT2D eigenvalue weighted by molar-refractivity contribution is 0.110. The minimum atomic E-state index is -2.94. The molecule has 4 nitrogen and oxygen atoms in total. The first-order valence-corrected chi connectivity index (χ1v) is 8.76. The highest BCUT2D eigenvalue weighted by Gasteiger charge is 2.33. The third-order valence-electron chi connectivity index (χ3n) is 4.16. The van der Waals surface area contributed by atoms with Crippen molar-refractivity contribution in [3.63, 3.8) is 0 Å². The molecule has 2 unspecified atom stereocenters. The molecule has 2 atom stereocenters. The lowest BCUT2D eigenvalue weighted by Gasteiger charge is -2.19. The van der Waals surface area contributed by atoms with Crippen molar-refractivity contribution in [3.05, 3.63) is 0 Å². The maximum absolute atomic E-state index is 12.3. The van der Waals surface area contributed by atoms with E-state index in [1.807, 2.05) is 6.92 Å². The highest BCUT2D eigenvalue weighted by atomic mass is 32.2. The first-order chi connectivity index (χ1) is 8.60. The van der Waals surface area contributed by atoms with E-state index in [0.717, 1.165) is 51.7 Å². The largest absolute Gasteiger partial charge is 0.377 e. The number of nitrogens with one attached hydrogen (secondary N) is 1. The Morgan fingerprint density at radius 2 is 1.94 bits per heavy atom. The van der Waals surface area contributed by atoms with Crippen molar-refractivity contribution in [1.82, 2.24) is 5.32 Å². The van der Waals surface area contributed by atoms with Crippen LogP contribution in [0.25, 0.3) is 0 Å². The van der Waals surface area contributed by atoms with Crippen LogP contribution in [-0.4, -0.2) is 44.7 Å². The van der Waals surface area contributed by atoms with Crippen molar-refractivity contribution in [2.24, 2.45) is 0 Å². The van der Waals surface area contributed by atoms with E-state index in [1.165, 1.54) is 0 Å². The van der Waals surface area contributed by atoms with Crippen LogP contribution in [0.1, 0.15) is 45.4 Å². The van der Waals surface area contributed by atoms with Crippen molar-refractivity contribution < 1.29 is 13.2 Å². The standard InChI is InChI=1S/C13H25NO3S/c1-11(9-14-10-12-5-4-8-17-12)18(15,16)13-6-2-3-7-13/h11-14H,2-10H2,1H3. The fraction of sp³-hybridized carbons (Fsp3) is 1.00. The Kier molecular flexibility index (Phi) is 5.04. The van der Waals surface area contributed by atoms with Crippen LogP contribution in [0.15, 0.2) is 0 Å². The van der Waals surface area contributed by atoms with Crippen LogP contribution in [0.4, 0.5) is 0 Å². The van der Waals surface area contributed by atoms with Crippen molar-refractivity contribution in [2.75, 3.05) is 19.7 Å². The molecule has 2 aliphatic rings. The van der Waals surface area contributed by atoms with Gasteiger partial charge in [0.15, 0.2) is 9.84 Å². The lowest BCUT2D eigenvalue weighted by atomic mass is 10.2. The molecule has 0 aromatic rings. The van der Waals surface area contributed by atoms with E-state index in [4.69, 9.17) is 4.74 Å². The zero-order valence-corrected chi connectivity index (χ0v) is 12.0. The quantitative estimate of drug-likeness (QED) is 0.798. The molecule has 106 valence electrons. The predicted octanol–water partition coefficient (Wildman–Crippen LogP) is 1.50. The number of hydrogen-bond acceptors (Lipinski definition) is 4. The maximum Gasteiger partial charge on any atom is 0.156 e. The van der Waals surface area contributed by atoms with Gasteiger partial charge in [0.25, 0.3) is 0 Å². The molecule has 1 aliphatic heterocycles. The molecular formula is C13H25NO3S. The second kappa shape index (κ2) is 6.35. The fourth-order valence-electron chi connectivity index (χ4n) is 2.91. The average molecular weight is 275 g/mol. The topological polar surface area (TPSA) is 55.4 Å². The molecule has 0 aromatic carbocycles. The van der Waals surface area contributed by atoms with E-state index in [2.05, 4.69) is 5.32 Å². The van der Waals surface area contributed by atoms with Crippen molar-refractivity contribution in [1.29, 1.82) is 0 Å². The van der Waals surface area contributed by atoms with Crippen LogP contribution in [0.3, 0.4) is 0 Å². The predicted molar refractivity (Wildman–Crippen MR) is 72.5 cm³/mol. The first kappa shape index (κ1) is 14.3. The lowest BCUT2D eigenvalue weighted by Crippen LogP contribution is -2.38. The number of ether oxygens (including phenoxy) is 1. The summed E-state index contributed by atoms with van der Waals surface area (Å²) in [6.07, 6.45) is 6.36. The van der Waals surface area contributed by atoms with Crippen molar-refractivity contribution in [2.45, 2.75) is 62.1 Å². The minimum absolute atomic E-state index is 0.0861. The smallest absolute Gasteiger partial charge is 0.156 e. The average Bonchev–Trinajstić information content (AvgIpc) is 3.02. The molecular weight excluding hydrogens is 250 g/mol. The number of rotatable bonds is 6. The molecule has 0 aromatic heterocycles. The number of sulfone groups is 1. The van der Waals surface area contributed by atoms with Gasteiger partial charge >= 0.3 is 0 Å². The summed E-state index contributed by atoms with van der Waals surface area (Å²) in [7, 11) is -2.94. The minimum Gasteiger partial charge on any atom is -0.377 e. The molecule has 2 rings (SSSR count). The monoisotopic (exact) mass is 275 g/mol. The Morgan fingerprint density at radius 1 is 1.22 bits per heavy atom. The third kappa shape index (κ3) is 3.45. The summed E-state index contributed by atoms with van der Waals surface area (Å²) in [6.45, 7) is 4.02. The van der Waals surface area contributed by atoms with Gasteiger partial charge in [-0.3, -0.25) is 0 Å². The molecule has 1 aliphatic carbocycles. The van der Waals surface area contributed by atoms with Gasteiger partial charge in [0, 0.05) is 19.7 Å². The van der Waals surface area contributed by atoms with Gasteiger partial charge in [-0.15, -0.1) is 0 Å². The summed E-state index contributed by atoms with van der Waals surface area (Å²) in [5, 5.41) is 2.89. The molecule has 2 fully saturated rings. The van der Waals surface area contributed by atoms with E-state index in [-0.39, 0.29) is 16.6 Å². The Labute approximate surface area is 110 Å². The Morgan fingerprint density at radius 3 is 2.56 bits per heavy atom. The zero-order chi connectivity index (χ0) is 13.0. The number of hydrogen-bond donors (Lipinski definition) is 1. The van der Waals surface area contributed by atoms with E-state index in [1.54, 1.807) is 0 Å². The van der Waals surface area contributed by atoms with Crippen molar-refractivity contribution in [3.8, 4) is 0 Å². The van der Waals surface area contributed by atoms with Gasteiger partial charge in [0.1, 0.15) is 0 Å². The van der Waals surface area contributed by atoms with Crippen molar-refractivity contribution >= 4 is 9.84 Å². The molecule has 0 spiro atoms. The van der Waals surface area contributed by atoms with Gasteiger partial charge in [0.05, 0.1) is 16.6 Å². The summed E-state index contributed by atoms with van der Waals surface area (Å²) in [4.78, 5) is 0. The van der Waals surface area contributed by atoms with E-state index < -0.39 is 9.84 Å². The molecule has 1 saturated heterocycles. The Balaban J connectivity index is 1.74. The summed E-state index contributed by atoms with van der Waals surface area (Å²) in [5.41, 5.74) is 0. The van der Waals surface area contributed by atoms with Crippen LogP contribution >= 0.6 is 0 Å². The summed E-state index contributed by atoms with van der Waals surface area (Å²) in [5.74, 6) is 0. The molecule has 1 heterocycles. The van der Waals surface area contributed by atoms with Crippen LogP contribution in [0, 0.1) is 0 Å². The molecule has 5 heteroatoms. The normalized spacial score (nSPS) is 27.7. The van der Waals surface area contributed by atoms with Crippen LogP contribution in [0.5, 0.6) is 0 Å². The molecule has 0 bridgehead atoms. The van der Waals surface area contributed by atoms with E-state index in [0.29, 0.717) is 6.54 Å². The van der Waals surface area contributed by atoms with Gasteiger partial charge < -0.3 is 10.1 Å². The first-order valence-electron chi connectivity index (χ1n) is 7.15. The van der Waals surface area contributed by atoms with Gasteiger partial charge in [-0.2, -0.15) is 0 Å². The second-order valence-corrected chi connectivity index (χ2v) is 8.25. The molecule has 0 amide bonds. The summed E-state index contributed by atoms with van der Waals surface area (Å²) >= 11 is 0. The molecule has 0 radical (unpaired) electrons. The van der Waals surface area contributed by atoms with Crippen LogP contribution in [0.2, 0.25) is 0 Å². The van der Waals surface area contributed by atoms with Crippen LogP contribution < -0.4 is 5.32 Å². The maximum atomic E-state index is 12.3. The zero-order valence-electron chi connectivity index (χ0n) is 11.2. The SMILES string of the molecule is CC(CNCC1CCCO1)S(=O)(=O)C1CCCC1. The second-order valence-electron chi connectivity index (χ2n) is 5.60. The van der Waals surface area contributed by atoms with Crippen LogP contribution in [-0.2, 0) is 14.6 Å². The molecule has 18 heavy (non-hydrogen) atoms. The van der Waals surface area contributed by atoms with E-state index in [9.17, 15) is 8.42 Å². The van der Waals surface area contributed by atoms with Gasteiger partial charge in [-0.05, 0) is 32.6 Å². The Hall–Kier alpha value is -0.130. The summed E-state index contributed by atoms with van der Waals surface area (Å²) in [6, 6.07) is 0. The van der Waals surface area contributed by atoms with Gasteiger partial charge in [-0.1, -0.05) is 12.8 Å². The highest BCUT2D eigenvalue weighted by molar-refractivity contribution is 7.92. The van der Waals surface area contributed by atoms with Gasteiger partial charge in [-0.25, -0.2) is 8.42 Å².